The van der Waals surface area contributed by atoms with Crippen molar-refractivity contribution in [2.24, 2.45) is 0 Å². The van der Waals surface area contributed by atoms with Crippen LogP contribution in [0.3, 0.4) is 0 Å². The summed E-state index contributed by atoms with van der Waals surface area (Å²) in [6.07, 6.45) is 3.23. The van der Waals surface area contributed by atoms with Crippen LogP contribution in [0.5, 0.6) is 0 Å². The van der Waals surface area contributed by atoms with Crippen molar-refractivity contribution in [3.8, 4) is 0 Å². The predicted molar refractivity (Wildman–Crippen MR) is 513 cm³/mol. The summed E-state index contributed by atoms with van der Waals surface area (Å²) in [5, 5.41) is 2.28. The van der Waals surface area contributed by atoms with Gasteiger partial charge in [0.25, 0.3) is 0 Å². The topological polar surface area (TPSA) is 128 Å². The second kappa shape index (κ2) is 41.6. The van der Waals surface area contributed by atoms with E-state index in [1.807, 2.05) is 103 Å². The van der Waals surface area contributed by atoms with Gasteiger partial charge in [0.2, 0.25) is 20.1 Å². The van der Waals surface area contributed by atoms with Gasteiger partial charge in [0.15, 0.2) is 34.7 Å². The Morgan fingerprint density at radius 2 is 0.382 bits per heavy atom. The first-order valence-electron chi connectivity index (χ1n) is 42.1. The number of carbonyl (C=O) groups is 6. The van der Waals surface area contributed by atoms with Gasteiger partial charge in [-0.2, -0.15) is 0 Å². The molecule has 2 aromatic heterocycles. The molecule has 0 amide bonds. The number of Topliss-reactive ketones (excluding diaryl/α,β-unsaturated/α-hetero) is 6. The fourth-order valence-electron chi connectivity index (χ4n) is 18.5. The average Bonchev–Trinajstić information content (AvgIpc) is 0.770. The smallest absolute Gasteiger partial charge is 0.294 e. The van der Waals surface area contributed by atoms with Crippen molar-refractivity contribution in [1.82, 2.24) is 9.97 Å². The third-order valence-electron chi connectivity index (χ3n) is 23.5. The molecule has 0 N–H and O–H groups in total. The number of aryl methyl sites for hydroxylation is 18. The van der Waals surface area contributed by atoms with Crippen LogP contribution in [0.1, 0.15) is 182 Å². The first kappa shape index (κ1) is 92.2. The minimum Gasteiger partial charge on any atom is -0.294 e. The van der Waals surface area contributed by atoms with Crippen LogP contribution in [0.4, 0.5) is 0 Å². The quantitative estimate of drug-likeness (QED) is 0.0301. The number of hydrogen-bond donors (Lipinski definition) is 0. The van der Waals surface area contributed by atoms with Crippen molar-refractivity contribution < 1.29 is 78.1 Å². The Bertz CT molecular complexity index is 5540. The molecule has 0 unspecified atom stereocenters. The molecule has 15 rings (SSSR count). The molecule has 0 aliphatic carbocycles. The molecule has 0 atom stereocenters. The third-order valence-corrected chi connectivity index (χ3v) is 23.5. The number of pyridine rings is 2. The molecule has 0 saturated heterocycles. The number of rotatable bonds is 21. The monoisotopic (exact) mass is 1750 g/mol. The second-order valence-corrected chi connectivity index (χ2v) is 33.4. The molecule has 610 valence electrons. The SMILES string of the molecule is Cc1cc(C)c(B(c2ccc(C(=O)CC(=O)c3ccccc3)cc2)c2c(C)cc(C)cc2C)c(C)c1.Cc1cc(C)c(B(c2ccc(C(=O)CC(=O)c3ccccc3)cc2)c2c(C)cc(C)cc2C)c(C)c1.Cc1cc(C)c(B(c2ccc(C(=O)CC(=O)c3ccccc3)cc2)c2c(C)cc(C)cc2C)c(C)c1.[Eu+3].c1cnc2c(c1)ccc1cccnc12. The van der Waals surface area contributed by atoms with E-state index in [0.717, 1.165) is 38.2 Å². The molecule has 2 heterocycles. The zero-order valence-electron chi connectivity index (χ0n) is 74.2. The number of benzene rings is 13. The van der Waals surface area contributed by atoms with E-state index in [4.69, 9.17) is 0 Å². The van der Waals surface area contributed by atoms with Gasteiger partial charge >= 0.3 is 49.4 Å². The van der Waals surface area contributed by atoms with Gasteiger partial charge in [-0.3, -0.25) is 38.7 Å². The van der Waals surface area contributed by atoms with Crippen molar-refractivity contribution in [2.45, 2.75) is 144 Å². The van der Waals surface area contributed by atoms with Crippen LogP contribution in [0.2, 0.25) is 0 Å². The Labute approximate surface area is 769 Å². The molecule has 0 aliphatic rings. The van der Waals surface area contributed by atoms with Gasteiger partial charge in [-0.05, 0) is 137 Å². The Morgan fingerprint density at radius 1 is 0.211 bits per heavy atom. The van der Waals surface area contributed by atoms with Crippen LogP contribution < -0.4 is 49.2 Å². The fourth-order valence-corrected chi connectivity index (χ4v) is 18.5. The van der Waals surface area contributed by atoms with Crippen molar-refractivity contribution in [3.05, 3.63) is 419 Å². The largest absolute Gasteiger partial charge is 3.00 e. The third kappa shape index (κ3) is 22.3. The number of nitrogens with zero attached hydrogens (tertiary/aromatic N) is 2. The maximum atomic E-state index is 12.9. The van der Waals surface area contributed by atoms with Gasteiger partial charge in [0.05, 0.1) is 30.3 Å². The molecule has 15 aromatic rings. The molecule has 123 heavy (non-hydrogen) atoms. The van der Waals surface area contributed by atoms with E-state index >= 15 is 0 Å². The van der Waals surface area contributed by atoms with Crippen molar-refractivity contribution >= 4 is 126 Å². The molecule has 0 fully saturated rings. The summed E-state index contributed by atoms with van der Waals surface area (Å²) in [6, 6.07) is 89.8. The van der Waals surface area contributed by atoms with Crippen LogP contribution in [0, 0.1) is 174 Å². The van der Waals surface area contributed by atoms with E-state index in [2.05, 4.69) is 268 Å². The Kier molecular flexibility index (Phi) is 31.2. The Balaban J connectivity index is 0.000000165. The summed E-state index contributed by atoms with van der Waals surface area (Å²) in [5.41, 5.74) is 39.5. The van der Waals surface area contributed by atoms with Crippen LogP contribution >= 0.6 is 0 Å². The predicted octanol–water partition coefficient (Wildman–Crippen LogP) is 19.3. The van der Waals surface area contributed by atoms with E-state index in [1.54, 1.807) is 48.8 Å². The Morgan fingerprint density at radius 3 is 0.561 bits per heavy atom. The van der Waals surface area contributed by atoms with Crippen LogP contribution in [0.25, 0.3) is 21.8 Å². The molecule has 8 nitrogen and oxygen atoms in total. The fraction of sp³-hybridized carbons (Fsp3) is 0.189. The van der Waals surface area contributed by atoms with Gasteiger partial charge in [-0.1, -0.05) is 410 Å². The number of carbonyl (C=O) groups excluding carboxylic acids is 6. The first-order valence-corrected chi connectivity index (χ1v) is 42.1. The van der Waals surface area contributed by atoms with Crippen molar-refractivity contribution in [1.29, 1.82) is 0 Å². The van der Waals surface area contributed by atoms with E-state index in [1.165, 1.54) is 133 Å². The zero-order chi connectivity index (χ0) is 87.3. The van der Waals surface area contributed by atoms with Crippen LogP contribution in [-0.4, -0.2) is 64.8 Å². The number of aromatic nitrogens is 2. The molecule has 0 bridgehead atoms. The summed E-state index contributed by atoms with van der Waals surface area (Å²) in [7, 11) is 0. The van der Waals surface area contributed by atoms with Gasteiger partial charge in [0.1, 0.15) is 0 Å². The summed E-state index contributed by atoms with van der Waals surface area (Å²) in [6.45, 7) is 39.3. The van der Waals surface area contributed by atoms with Gasteiger partial charge in [0, 0.05) is 56.5 Å². The van der Waals surface area contributed by atoms with Gasteiger partial charge in [-0.15, -0.1) is 0 Å². The summed E-state index contributed by atoms with van der Waals surface area (Å²) >= 11 is 0. The summed E-state index contributed by atoms with van der Waals surface area (Å²) in [5.74, 6) is -0.926. The molecule has 13 aromatic carbocycles. The van der Waals surface area contributed by atoms with E-state index < -0.39 is 0 Å². The number of ketones is 6. The van der Waals surface area contributed by atoms with E-state index in [0.29, 0.717) is 33.4 Å². The van der Waals surface area contributed by atoms with Crippen molar-refractivity contribution in [2.75, 3.05) is 0 Å². The number of fused-ring (bicyclic) bond motifs is 3. The first-order chi connectivity index (χ1) is 58.4. The number of hydrogen-bond acceptors (Lipinski definition) is 8. The van der Waals surface area contributed by atoms with Crippen molar-refractivity contribution in [3.63, 3.8) is 0 Å². The molecule has 0 radical (unpaired) electrons. The standard InChI is InChI=1S/3C33H33BO2.C12H8N2.Eu/c3*1-21-16-23(3)32(24(4)17-21)34(33-25(5)18-22(2)19-26(33)6)29-14-12-28(13-15-29)31(36)20-30(35)27-10-8-7-9-11-27;1-3-9-5-6-10-4-2-8-14-12(10)11(9)13-7-1;/h3*7-19H,20H2,1-6H3;1-8H;/q;;;;+3. The normalized spacial score (nSPS) is 10.7. The Hall–Kier alpha value is -11.5. The second-order valence-electron chi connectivity index (χ2n) is 33.4. The van der Waals surface area contributed by atoms with Gasteiger partial charge < -0.3 is 0 Å². The molecule has 0 aliphatic heterocycles. The van der Waals surface area contributed by atoms with E-state index in [9.17, 15) is 28.8 Å². The molecule has 12 heteroatoms. The van der Waals surface area contributed by atoms with E-state index in [-0.39, 0.29) is 123 Å². The summed E-state index contributed by atoms with van der Waals surface area (Å²) in [4.78, 5) is 85.1. The summed E-state index contributed by atoms with van der Waals surface area (Å²) < 4.78 is 0. The van der Waals surface area contributed by atoms with Gasteiger partial charge in [-0.25, -0.2) is 0 Å². The molecular weight excluding hydrogens is 1640 g/mol. The minimum atomic E-state index is -0.155. The average molecular weight is 1750 g/mol. The maximum absolute atomic E-state index is 12.9. The minimum absolute atomic E-state index is 0. The zero-order valence-corrected chi connectivity index (χ0v) is 76.6. The molecular formula is C111H107B3EuN2O6+3. The maximum Gasteiger partial charge on any atom is 3.00 e. The molecule has 0 saturated carbocycles. The van der Waals surface area contributed by atoms with Crippen LogP contribution in [-0.2, 0) is 0 Å². The van der Waals surface area contributed by atoms with Crippen LogP contribution in [0.15, 0.2) is 285 Å². The molecule has 0 spiro atoms.